The van der Waals surface area contributed by atoms with E-state index in [2.05, 4.69) is 0 Å². The minimum atomic E-state index is -0.779. The van der Waals surface area contributed by atoms with Crippen molar-refractivity contribution in [3.05, 3.63) is 70.6 Å². The molecule has 0 amide bonds. The highest BCUT2D eigenvalue weighted by atomic mass is 32.1. The van der Waals surface area contributed by atoms with Gasteiger partial charge in [0.25, 0.3) is 0 Å². The summed E-state index contributed by atoms with van der Waals surface area (Å²) in [5.41, 5.74) is 5.94. The molecule has 0 aliphatic heterocycles. The minimum Gasteiger partial charge on any atom is -0.319 e. The number of hydrogen-bond donors (Lipinski definition) is 1. The zero-order valence-electron chi connectivity index (χ0n) is 9.94. The largest absolute Gasteiger partial charge is 0.319 e. The summed E-state index contributed by atoms with van der Waals surface area (Å²) in [5.74, 6) is -1.21. The van der Waals surface area contributed by atoms with E-state index < -0.39 is 17.7 Å². The molecule has 0 aliphatic carbocycles. The minimum absolute atomic E-state index is 0.0749. The van der Waals surface area contributed by atoms with Crippen LogP contribution in [0.5, 0.6) is 0 Å². The number of rotatable bonds is 2. The molecule has 3 rings (SSSR count). The maximum Gasteiger partial charge on any atom is 0.131 e. The van der Waals surface area contributed by atoms with Gasteiger partial charge in [0.1, 0.15) is 11.6 Å². The molecule has 0 saturated heterocycles. The Kier molecular flexibility index (Phi) is 3.05. The van der Waals surface area contributed by atoms with Crippen LogP contribution >= 0.6 is 11.3 Å². The van der Waals surface area contributed by atoms with Gasteiger partial charge in [-0.1, -0.05) is 24.3 Å². The molecule has 0 bridgehead atoms. The van der Waals surface area contributed by atoms with Gasteiger partial charge in [0.05, 0.1) is 6.04 Å². The second kappa shape index (κ2) is 4.72. The molecule has 1 nitrogen and oxygen atoms in total. The van der Waals surface area contributed by atoms with Gasteiger partial charge in [-0.25, -0.2) is 8.78 Å². The van der Waals surface area contributed by atoms with E-state index in [9.17, 15) is 8.78 Å². The first-order valence-electron chi connectivity index (χ1n) is 5.85. The van der Waals surface area contributed by atoms with Crippen LogP contribution in [0.4, 0.5) is 8.78 Å². The zero-order chi connectivity index (χ0) is 13.4. The molecule has 1 unspecified atom stereocenters. The summed E-state index contributed by atoms with van der Waals surface area (Å²) in [5, 5.41) is 1.04. The zero-order valence-corrected chi connectivity index (χ0v) is 10.8. The predicted molar refractivity (Wildman–Crippen MR) is 74.2 cm³/mol. The molecular weight excluding hydrogens is 264 g/mol. The molecule has 1 aromatic heterocycles. The molecule has 0 aliphatic rings. The molecule has 0 saturated carbocycles. The SMILES string of the molecule is NC(c1cc2ccccc2s1)c1c(F)cccc1F. The molecule has 2 N–H and O–H groups in total. The molecule has 3 aromatic rings. The third kappa shape index (κ3) is 2.13. The van der Waals surface area contributed by atoms with Crippen LogP contribution in [0.2, 0.25) is 0 Å². The van der Waals surface area contributed by atoms with E-state index in [1.807, 2.05) is 30.3 Å². The van der Waals surface area contributed by atoms with Gasteiger partial charge in [0.2, 0.25) is 0 Å². The fourth-order valence-electron chi connectivity index (χ4n) is 2.11. The molecule has 0 radical (unpaired) electrons. The Morgan fingerprint density at radius 1 is 0.947 bits per heavy atom. The van der Waals surface area contributed by atoms with Crippen molar-refractivity contribution in [2.45, 2.75) is 6.04 Å². The summed E-state index contributed by atoms with van der Waals surface area (Å²) in [4.78, 5) is 0.755. The van der Waals surface area contributed by atoms with Crippen molar-refractivity contribution in [2.75, 3.05) is 0 Å². The van der Waals surface area contributed by atoms with Gasteiger partial charge in [-0.15, -0.1) is 11.3 Å². The average molecular weight is 275 g/mol. The summed E-state index contributed by atoms with van der Waals surface area (Å²) in [6.07, 6.45) is 0. The molecule has 96 valence electrons. The Morgan fingerprint density at radius 2 is 1.63 bits per heavy atom. The quantitative estimate of drug-likeness (QED) is 0.744. The van der Waals surface area contributed by atoms with Crippen molar-refractivity contribution >= 4 is 21.4 Å². The lowest BCUT2D eigenvalue weighted by Gasteiger charge is -2.11. The maximum absolute atomic E-state index is 13.7. The number of benzene rings is 2. The third-order valence-corrected chi connectivity index (χ3v) is 4.26. The monoisotopic (exact) mass is 275 g/mol. The van der Waals surface area contributed by atoms with Gasteiger partial charge in [0, 0.05) is 15.1 Å². The highest BCUT2D eigenvalue weighted by Gasteiger charge is 2.19. The highest BCUT2D eigenvalue weighted by molar-refractivity contribution is 7.19. The average Bonchev–Trinajstić information content (AvgIpc) is 2.82. The Morgan fingerprint density at radius 3 is 2.32 bits per heavy atom. The first-order valence-corrected chi connectivity index (χ1v) is 6.66. The van der Waals surface area contributed by atoms with Crippen LogP contribution in [-0.2, 0) is 0 Å². The molecule has 0 fully saturated rings. The smallest absolute Gasteiger partial charge is 0.131 e. The maximum atomic E-state index is 13.7. The lowest BCUT2D eigenvalue weighted by atomic mass is 10.0. The Labute approximate surface area is 113 Å². The number of hydrogen-bond acceptors (Lipinski definition) is 2. The number of nitrogens with two attached hydrogens (primary N) is 1. The van der Waals surface area contributed by atoms with Crippen LogP contribution in [0.25, 0.3) is 10.1 Å². The first-order chi connectivity index (χ1) is 9.16. The van der Waals surface area contributed by atoms with Crippen LogP contribution in [0.3, 0.4) is 0 Å². The molecule has 2 aromatic carbocycles. The van der Waals surface area contributed by atoms with E-state index in [1.54, 1.807) is 0 Å². The topological polar surface area (TPSA) is 26.0 Å². The van der Waals surface area contributed by atoms with E-state index in [0.717, 1.165) is 15.0 Å². The van der Waals surface area contributed by atoms with Crippen LogP contribution in [0, 0.1) is 11.6 Å². The van der Waals surface area contributed by atoms with Gasteiger partial charge in [-0.3, -0.25) is 0 Å². The summed E-state index contributed by atoms with van der Waals surface area (Å²) in [6, 6.07) is 12.7. The van der Waals surface area contributed by atoms with Crippen molar-refractivity contribution in [2.24, 2.45) is 5.73 Å². The van der Waals surface area contributed by atoms with Gasteiger partial charge < -0.3 is 5.73 Å². The van der Waals surface area contributed by atoms with Gasteiger partial charge >= 0.3 is 0 Å². The second-order valence-electron chi connectivity index (χ2n) is 4.30. The molecule has 0 spiro atoms. The van der Waals surface area contributed by atoms with Crippen molar-refractivity contribution in [3.63, 3.8) is 0 Å². The van der Waals surface area contributed by atoms with Gasteiger partial charge in [0.15, 0.2) is 0 Å². The molecule has 4 heteroatoms. The second-order valence-corrected chi connectivity index (χ2v) is 5.41. The molecule has 1 atom stereocenters. The summed E-state index contributed by atoms with van der Waals surface area (Å²) >= 11 is 1.46. The molecule has 1 heterocycles. The fraction of sp³-hybridized carbons (Fsp3) is 0.0667. The summed E-state index contributed by atoms with van der Waals surface area (Å²) < 4.78 is 28.5. The number of fused-ring (bicyclic) bond motifs is 1. The van der Waals surface area contributed by atoms with Crippen LogP contribution in [0.15, 0.2) is 48.5 Å². The Hall–Kier alpha value is -1.78. The van der Waals surface area contributed by atoms with Crippen molar-refractivity contribution in [1.82, 2.24) is 0 Å². The van der Waals surface area contributed by atoms with E-state index in [-0.39, 0.29) is 5.56 Å². The summed E-state index contributed by atoms with van der Waals surface area (Å²) in [6.45, 7) is 0. The van der Waals surface area contributed by atoms with Gasteiger partial charge in [-0.2, -0.15) is 0 Å². The highest BCUT2D eigenvalue weighted by Crippen LogP contribution is 2.33. The van der Waals surface area contributed by atoms with E-state index >= 15 is 0 Å². The van der Waals surface area contributed by atoms with E-state index in [4.69, 9.17) is 5.73 Å². The fourth-order valence-corrected chi connectivity index (χ4v) is 3.18. The lowest BCUT2D eigenvalue weighted by Crippen LogP contribution is -2.14. The van der Waals surface area contributed by atoms with Crippen molar-refractivity contribution in [3.8, 4) is 0 Å². The lowest BCUT2D eigenvalue weighted by molar-refractivity contribution is 0.545. The number of thiophene rings is 1. The Balaban J connectivity index is 2.10. The standard InChI is InChI=1S/C15H11F2NS/c16-10-5-3-6-11(17)14(10)15(18)13-8-9-4-1-2-7-12(9)19-13/h1-8,15H,18H2. The number of halogens is 2. The third-order valence-electron chi connectivity index (χ3n) is 3.06. The first kappa shape index (κ1) is 12.3. The molecule has 19 heavy (non-hydrogen) atoms. The van der Waals surface area contributed by atoms with E-state index in [0.29, 0.717) is 0 Å². The summed E-state index contributed by atoms with van der Waals surface area (Å²) in [7, 11) is 0. The predicted octanol–water partition coefficient (Wildman–Crippen LogP) is 4.23. The van der Waals surface area contributed by atoms with Gasteiger partial charge in [-0.05, 0) is 29.7 Å². The van der Waals surface area contributed by atoms with Crippen LogP contribution < -0.4 is 5.73 Å². The normalized spacial score (nSPS) is 12.8. The molecular formula is C15H11F2NS. The van der Waals surface area contributed by atoms with Crippen molar-refractivity contribution < 1.29 is 8.78 Å². The Bertz CT molecular complexity index is 683. The van der Waals surface area contributed by atoms with Crippen molar-refractivity contribution in [1.29, 1.82) is 0 Å². The van der Waals surface area contributed by atoms with E-state index in [1.165, 1.54) is 29.5 Å². The van der Waals surface area contributed by atoms with Crippen LogP contribution in [0.1, 0.15) is 16.5 Å². The van der Waals surface area contributed by atoms with Crippen LogP contribution in [-0.4, -0.2) is 0 Å².